The second-order valence-electron chi connectivity index (χ2n) is 4.66. The van der Waals surface area contributed by atoms with Crippen LogP contribution in [0.5, 0.6) is 0 Å². The van der Waals surface area contributed by atoms with Crippen LogP contribution in [-0.4, -0.2) is 0 Å². The van der Waals surface area contributed by atoms with E-state index in [2.05, 4.69) is 41.5 Å². The Labute approximate surface area is 79.8 Å². The molecule has 0 saturated heterocycles. The highest BCUT2D eigenvalue weighted by molar-refractivity contribution is 4.58. The molecule has 0 aromatic rings. The van der Waals surface area contributed by atoms with Crippen molar-refractivity contribution in [2.24, 2.45) is 5.41 Å². The minimum atomic E-state index is 0.550. The molecule has 12 heavy (non-hydrogen) atoms. The molecule has 0 spiro atoms. The zero-order valence-electron chi connectivity index (χ0n) is 10.0. The Morgan fingerprint density at radius 3 is 1.17 bits per heavy atom. The van der Waals surface area contributed by atoms with E-state index >= 15 is 0 Å². The van der Waals surface area contributed by atoms with Gasteiger partial charge in [-0.2, -0.15) is 0 Å². The molecule has 0 heterocycles. The maximum absolute atomic E-state index is 2.27. The number of rotatable bonds is 3. The molecule has 0 atom stereocenters. The molecule has 0 aromatic carbocycles. The molecule has 0 aromatic heterocycles. The molecule has 0 fully saturated rings. The summed E-state index contributed by atoms with van der Waals surface area (Å²) in [5, 5.41) is 0. The van der Waals surface area contributed by atoms with Crippen molar-refractivity contribution in [1.82, 2.24) is 0 Å². The summed E-state index contributed by atoms with van der Waals surface area (Å²) in [5.41, 5.74) is 0.550. The Morgan fingerprint density at radius 2 is 1.17 bits per heavy atom. The van der Waals surface area contributed by atoms with E-state index in [0.717, 1.165) is 0 Å². The first-order chi connectivity index (χ1) is 5.47. The van der Waals surface area contributed by atoms with Crippen molar-refractivity contribution in [2.45, 2.75) is 73.6 Å². The molecule has 76 valence electrons. The minimum absolute atomic E-state index is 0.550. The van der Waals surface area contributed by atoms with E-state index in [1.165, 1.54) is 32.1 Å². The van der Waals surface area contributed by atoms with Crippen molar-refractivity contribution in [3.63, 3.8) is 0 Å². The lowest BCUT2D eigenvalue weighted by molar-refractivity contribution is 0.373. The van der Waals surface area contributed by atoms with Crippen LogP contribution in [-0.2, 0) is 0 Å². The topological polar surface area (TPSA) is 0 Å². The molecule has 0 N–H and O–H groups in total. The Bertz CT molecular complexity index is 64.6. The van der Waals surface area contributed by atoms with Crippen molar-refractivity contribution >= 4 is 0 Å². The average Bonchev–Trinajstić information content (AvgIpc) is 1.87. The van der Waals surface area contributed by atoms with Crippen LogP contribution in [0.1, 0.15) is 73.6 Å². The van der Waals surface area contributed by atoms with E-state index < -0.39 is 0 Å². The first kappa shape index (κ1) is 14.5. The third-order valence-electron chi connectivity index (χ3n) is 1.71. The highest BCUT2D eigenvalue weighted by atomic mass is 14.1. The molecular formula is C12H28. The second kappa shape index (κ2) is 9.09. The van der Waals surface area contributed by atoms with E-state index in [-0.39, 0.29) is 0 Å². The van der Waals surface area contributed by atoms with Crippen LogP contribution >= 0.6 is 0 Å². The van der Waals surface area contributed by atoms with Crippen LogP contribution < -0.4 is 0 Å². The lowest BCUT2D eigenvalue weighted by Crippen LogP contribution is -2.02. The van der Waals surface area contributed by atoms with Crippen LogP contribution in [0, 0.1) is 5.41 Å². The van der Waals surface area contributed by atoms with E-state index in [4.69, 9.17) is 0 Å². The van der Waals surface area contributed by atoms with E-state index in [9.17, 15) is 0 Å². The maximum Gasteiger partial charge on any atom is -0.0383 e. The molecule has 0 radical (unpaired) electrons. The summed E-state index contributed by atoms with van der Waals surface area (Å²) in [5.74, 6) is 0. The summed E-state index contributed by atoms with van der Waals surface area (Å²) < 4.78 is 0. The van der Waals surface area contributed by atoms with Gasteiger partial charge in [0.15, 0.2) is 0 Å². The Balaban J connectivity index is 0. The standard InChI is InChI=1S/C7H16.C5H12/c1-5-6-7(2,3)4;1-3-5-4-2/h5-6H2,1-4H3;3-5H2,1-2H3. The Morgan fingerprint density at radius 1 is 0.750 bits per heavy atom. The molecule has 0 aliphatic rings. The number of unbranched alkanes of at least 4 members (excludes halogenated alkanes) is 2. The van der Waals surface area contributed by atoms with Crippen molar-refractivity contribution in [1.29, 1.82) is 0 Å². The van der Waals surface area contributed by atoms with E-state index in [0.29, 0.717) is 5.41 Å². The van der Waals surface area contributed by atoms with Crippen LogP contribution in [0.2, 0.25) is 0 Å². The third-order valence-corrected chi connectivity index (χ3v) is 1.71. The molecule has 0 heteroatoms. The van der Waals surface area contributed by atoms with Crippen molar-refractivity contribution in [3.05, 3.63) is 0 Å². The number of hydrogen-bond acceptors (Lipinski definition) is 0. The van der Waals surface area contributed by atoms with Gasteiger partial charge in [-0.25, -0.2) is 0 Å². The van der Waals surface area contributed by atoms with Gasteiger partial charge in [0.2, 0.25) is 0 Å². The van der Waals surface area contributed by atoms with Gasteiger partial charge in [0.25, 0.3) is 0 Å². The molecule has 0 saturated carbocycles. The van der Waals surface area contributed by atoms with Gasteiger partial charge in [0.1, 0.15) is 0 Å². The first-order valence-electron chi connectivity index (χ1n) is 5.47. The van der Waals surface area contributed by atoms with Gasteiger partial charge in [-0.1, -0.05) is 67.2 Å². The maximum atomic E-state index is 2.27. The fourth-order valence-corrected chi connectivity index (χ4v) is 1.10. The monoisotopic (exact) mass is 172 g/mol. The van der Waals surface area contributed by atoms with Gasteiger partial charge in [-0.3, -0.25) is 0 Å². The number of hydrogen-bond donors (Lipinski definition) is 0. The summed E-state index contributed by atoms with van der Waals surface area (Å²) in [6, 6.07) is 0. The normalized spacial score (nSPS) is 10.5. The highest BCUT2D eigenvalue weighted by Crippen LogP contribution is 2.19. The Hall–Kier alpha value is 0. The smallest absolute Gasteiger partial charge is 0.0383 e. The summed E-state index contributed by atoms with van der Waals surface area (Å²) in [6.45, 7) is 13.5. The summed E-state index contributed by atoms with van der Waals surface area (Å²) >= 11 is 0. The molecule has 0 unspecified atom stereocenters. The van der Waals surface area contributed by atoms with Gasteiger partial charge in [0.05, 0.1) is 0 Å². The summed E-state index contributed by atoms with van der Waals surface area (Å²) in [7, 11) is 0. The SMILES string of the molecule is CCCC(C)(C)C.CCCCC. The fraction of sp³-hybridized carbons (Fsp3) is 1.00. The van der Waals surface area contributed by atoms with Gasteiger partial charge < -0.3 is 0 Å². The molecule has 0 aliphatic carbocycles. The Kier molecular flexibility index (Phi) is 11.0. The molecular weight excluding hydrogens is 144 g/mol. The van der Waals surface area contributed by atoms with Gasteiger partial charge >= 0.3 is 0 Å². The zero-order chi connectivity index (χ0) is 10.0. The van der Waals surface area contributed by atoms with Crippen LogP contribution in [0.3, 0.4) is 0 Å². The average molecular weight is 172 g/mol. The molecule has 0 rings (SSSR count). The quantitative estimate of drug-likeness (QED) is 0.560. The highest BCUT2D eigenvalue weighted by Gasteiger charge is 2.06. The lowest BCUT2D eigenvalue weighted by atomic mass is 9.91. The van der Waals surface area contributed by atoms with Crippen molar-refractivity contribution in [2.75, 3.05) is 0 Å². The summed E-state index contributed by atoms with van der Waals surface area (Å²) in [6.07, 6.45) is 6.73. The largest absolute Gasteiger partial charge is 0.0654 e. The minimum Gasteiger partial charge on any atom is -0.0654 e. The van der Waals surface area contributed by atoms with Gasteiger partial charge in [-0.15, -0.1) is 0 Å². The molecule has 0 nitrogen and oxygen atoms in total. The summed E-state index contributed by atoms with van der Waals surface area (Å²) in [4.78, 5) is 0. The van der Waals surface area contributed by atoms with Crippen molar-refractivity contribution in [3.8, 4) is 0 Å². The molecule has 0 aliphatic heterocycles. The van der Waals surface area contributed by atoms with E-state index in [1.807, 2.05) is 0 Å². The van der Waals surface area contributed by atoms with Gasteiger partial charge in [0, 0.05) is 0 Å². The second-order valence-corrected chi connectivity index (χ2v) is 4.66. The van der Waals surface area contributed by atoms with Crippen molar-refractivity contribution < 1.29 is 0 Å². The van der Waals surface area contributed by atoms with Crippen LogP contribution in [0.4, 0.5) is 0 Å². The molecule has 0 amide bonds. The van der Waals surface area contributed by atoms with Crippen LogP contribution in [0.15, 0.2) is 0 Å². The van der Waals surface area contributed by atoms with Crippen LogP contribution in [0.25, 0.3) is 0 Å². The lowest BCUT2D eigenvalue weighted by Gasteiger charge is -2.15. The predicted molar refractivity (Wildman–Crippen MR) is 59.6 cm³/mol. The van der Waals surface area contributed by atoms with E-state index in [1.54, 1.807) is 0 Å². The predicted octanol–water partition coefficient (Wildman–Crippen LogP) is 5.03. The van der Waals surface area contributed by atoms with Gasteiger partial charge in [-0.05, 0) is 11.8 Å². The first-order valence-corrected chi connectivity index (χ1v) is 5.47. The molecule has 0 bridgehead atoms. The fourth-order valence-electron chi connectivity index (χ4n) is 1.10. The zero-order valence-corrected chi connectivity index (χ0v) is 10.0. The third kappa shape index (κ3) is 22.5.